The summed E-state index contributed by atoms with van der Waals surface area (Å²) in [7, 11) is 0. The van der Waals surface area contributed by atoms with Crippen LogP contribution in [0.25, 0.3) is 0 Å². The van der Waals surface area contributed by atoms with Crippen molar-refractivity contribution in [2.75, 3.05) is 65.9 Å². The highest BCUT2D eigenvalue weighted by molar-refractivity contribution is 4.65. The van der Waals surface area contributed by atoms with Gasteiger partial charge in [0.15, 0.2) is 0 Å². The molecule has 0 aliphatic heterocycles. The van der Waals surface area contributed by atoms with Crippen LogP contribution in [0.15, 0.2) is 0 Å². The van der Waals surface area contributed by atoms with Gasteiger partial charge in [-0.1, -0.05) is 34.1 Å². The lowest BCUT2D eigenvalue weighted by atomic mass is 9.87. The van der Waals surface area contributed by atoms with Crippen LogP contribution >= 0.6 is 0 Å². The van der Waals surface area contributed by atoms with E-state index in [9.17, 15) is 0 Å². The molecule has 0 aromatic carbocycles. The van der Waals surface area contributed by atoms with Crippen LogP contribution in [0.5, 0.6) is 0 Å². The minimum absolute atomic E-state index is 0.378. The molecule has 0 aliphatic rings. The number of likely N-dealkylation sites (N-methyl/N-ethyl adjacent to an activating group) is 1. The molecule has 0 aromatic heterocycles. The second-order valence-corrected chi connectivity index (χ2v) is 6.07. The lowest BCUT2D eigenvalue weighted by molar-refractivity contribution is -0.00414. The van der Waals surface area contributed by atoms with Crippen molar-refractivity contribution in [3.05, 3.63) is 0 Å². The van der Waals surface area contributed by atoms with E-state index in [0.29, 0.717) is 45.1 Å². The summed E-state index contributed by atoms with van der Waals surface area (Å²) in [5.41, 5.74) is 0.378. The number of hydrogen-bond acceptors (Lipinski definition) is 5. The minimum atomic E-state index is 0.378. The fourth-order valence-electron chi connectivity index (χ4n) is 1.61. The molecule has 0 aromatic rings. The summed E-state index contributed by atoms with van der Waals surface area (Å²) < 4.78 is 21.8. The van der Waals surface area contributed by atoms with Gasteiger partial charge in [-0.15, -0.1) is 0 Å². The SMILES string of the molecule is CCNCCOCCOCCOCCOCCC(C)(C)CC. The van der Waals surface area contributed by atoms with Gasteiger partial charge in [0.1, 0.15) is 0 Å². The van der Waals surface area contributed by atoms with Gasteiger partial charge in [-0.3, -0.25) is 0 Å². The van der Waals surface area contributed by atoms with Crippen LogP contribution in [-0.4, -0.2) is 65.9 Å². The normalized spacial score (nSPS) is 12.0. The zero-order valence-electron chi connectivity index (χ0n) is 15.1. The number of hydrogen-bond donors (Lipinski definition) is 1. The molecular formula is C17H37NO4. The molecule has 5 heteroatoms. The molecule has 0 bridgehead atoms. The van der Waals surface area contributed by atoms with Crippen LogP contribution in [-0.2, 0) is 18.9 Å². The third-order valence-corrected chi connectivity index (χ3v) is 3.67. The van der Waals surface area contributed by atoms with Gasteiger partial charge < -0.3 is 24.3 Å². The highest BCUT2D eigenvalue weighted by Crippen LogP contribution is 2.23. The Bertz CT molecular complexity index is 225. The first kappa shape index (κ1) is 21.8. The van der Waals surface area contributed by atoms with Gasteiger partial charge in [0, 0.05) is 13.2 Å². The first-order chi connectivity index (χ1) is 10.6. The lowest BCUT2D eigenvalue weighted by Gasteiger charge is -2.22. The van der Waals surface area contributed by atoms with Gasteiger partial charge in [-0.25, -0.2) is 0 Å². The monoisotopic (exact) mass is 319 g/mol. The Balaban J connectivity index is 3.06. The van der Waals surface area contributed by atoms with Crippen molar-refractivity contribution in [2.24, 2.45) is 5.41 Å². The Hall–Kier alpha value is -0.200. The fraction of sp³-hybridized carbons (Fsp3) is 1.00. The Morgan fingerprint density at radius 3 is 1.59 bits per heavy atom. The van der Waals surface area contributed by atoms with Crippen LogP contribution in [0.4, 0.5) is 0 Å². The fourth-order valence-corrected chi connectivity index (χ4v) is 1.61. The third-order valence-electron chi connectivity index (χ3n) is 3.67. The maximum Gasteiger partial charge on any atom is 0.0701 e. The first-order valence-corrected chi connectivity index (χ1v) is 8.64. The van der Waals surface area contributed by atoms with Gasteiger partial charge >= 0.3 is 0 Å². The van der Waals surface area contributed by atoms with Crippen molar-refractivity contribution in [3.63, 3.8) is 0 Å². The van der Waals surface area contributed by atoms with Crippen molar-refractivity contribution in [1.29, 1.82) is 0 Å². The second-order valence-electron chi connectivity index (χ2n) is 6.07. The average molecular weight is 319 g/mol. The molecule has 0 rings (SSSR count). The summed E-state index contributed by atoms with van der Waals surface area (Å²) in [5, 5.41) is 3.20. The van der Waals surface area contributed by atoms with E-state index < -0.39 is 0 Å². The van der Waals surface area contributed by atoms with Crippen molar-refractivity contribution < 1.29 is 18.9 Å². The summed E-state index contributed by atoms with van der Waals surface area (Å²) >= 11 is 0. The van der Waals surface area contributed by atoms with E-state index in [1.807, 2.05) is 0 Å². The van der Waals surface area contributed by atoms with Crippen molar-refractivity contribution in [1.82, 2.24) is 5.32 Å². The topological polar surface area (TPSA) is 49.0 Å². The zero-order chi connectivity index (χ0) is 16.5. The van der Waals surface area contributed by atoms with Crippen molar-refractivity contribution in [2.45, 2.75) is 40.5 Å². The lowest BCUT2D eigenvalue weighted by Crippen LogP contribution is -2.20. The van der Waals surface area contributed by atoms with Crippen LogP contribution in [0.3, 0.4) is 0 Å². The Morgan fingerprint density at radius 2 is 1.14 bits per heavy atom. The summed E-state index contributed by atoms with van der Waals surface area (Å²) in [6.45, 7) is 16.1. The summed E-state index contributed by atoms with van der Waals surface area (Å²) in [6, 6.07) is 0. The largest absolute Gasteiger partial charge is 0.379 e. The Morgan fingerprint density at radius 1 is 0.682 bits per heavy atom. The zero-order valence-corrected chi connectivity index (χ0v) is 15.1. The van der Waals surface area contributed by atoms with Gasteiger partial charge in [0.25, 0.3) is 0 Å². The molecular weight excluding hydrogens is 282 g/mol. The first-order valence-electron chi connectivity index (χ1n) is 8.64. The molecule has 0 amide bonds. The highest BCUT2D eigenvalue weighted by atomic mass is 16.6. The van der Waals surface area contributed by atoms with Gasteiger partial charge in [-0.2, -0.15) is 0 Å². The van der Waals surface area contributed by atoms with Crippen LogP contribution in [0, 0.1) is 5.41 Å². The number of rotatable bonds is 17. The standard InChI is InChI=1S/C17H37NO4/c1-5-17(3,4)7-9-19-11-13-21-15-16-22-14-12-20-10-8-18-6-2/h18H,5-16H2,1-4H3. The summed E-state index contributed by atoms with van der Waals surface area (Å²) in [5.74, 6) is 0. The smallest absolute Gasteiger partial charge is 0.0701 e. The van der Waals surface area contributed by atoms with E-state index in [2.05, 4.69) is 33.0 Å². The summed E-state index contributed by atoms with van der Waals surface area (Å²) in [6.07, 6.45) is 2.28. The van der Waals surface area contributed by atoms with E-state index in [1.165, 1.54) is 6.42 Å². The highest BCUT2D eigenvalue weighted by Gasteiger charge is 2.13. The quantitative estimate of drug-likeness (QED) is 0.417. The molecule has 0 aliphatic carbocycles. The van der Waals surface area contributed by atoms with Crippen LogP contribution in [0.1, 0.15) is 40.5 Å². The molecule has 22 heavy (non-hydrogen) atoms. The van der Waals surface area contributed by atoms with Gasteiger partial charge in [0.2, 0.25) is 0 Å². The molecule has 0 saturated heterocycles. The maximum atomic E-state index is 5.57. The van der Waals surface area contributed by atoms with E-state index >= 15 is 0 Å². The molecule has 0 unspecified atom stereocenters. The average Bonchev–Trinajstić information content (AvgIpc) is 2.51. The Kier molecular flexibility index (Phi) is 15.5. The van der Waals surface area contributed by atoms with Crippen molar-refractivity contribution >= 4 is 0 Å². The van der Waals surface area contributed by atoms with Gasteiger partial charge in [0.05, 0.1) is 46.2 Å². The summed E-state index contributed by atoms with van der Waals surface area (Å²) in [4.78, 5) is 0. The maximum absolute atomic E-state index is 5.57. The van der Waals surface area contributed by atoms with E-state index in [0.717, 1.165) is 32.7 Å². The predicted octanol–water partition coefficient (Wildman–Crippen LogP) is 2.49. The molecule has 0 heterocycles. The van der Waals surface area contributed by atoms with Crippen LogP contribution in [0.2, 0.25) is 0 Å². The molecule has 0 saturated carbocycles. The predicted molar refractivity (Wildman–Crippen MR) is 90.5 cm³/mol. The van der Waals surface area contributed by atoms with Crippen LogP contribution < -0.4 is 5.32 Å². The number of nitrogens with one attached hydrogen (secondary N) is 1. The molecule has 0 spiro atoms. The van der Waals surface area contributed by atoms with E-state index in [-0.39, 0.29) is 0 Å². The molecule has 0 radical (unpaired) electrons. The van der Waals surface area contributed by atoms with E-state index in [1.54, 1.807) is 0 Å². The Labute approximate surface area is 137 Å². The van der Waals surface area contributed by atoms with Gasteiger partial charge in [-0.05, 0) is 18.4 Å². The molecule has 5 nitrogen and oxygen atoms in total. The second kappa shape index (κ2) is 15.7. The molecule has 0 atom stereocenters. The van der Waals surface area contributed by atoms with Crippen molar-refractivity contribution in [3.8, 4) is 0 Å². The molecule has 1 N–H and O–H groups in total. The number of ether oxygens (including phenoxy) is 4. The molecule has 134 valence electrons. The third kappa shape index (κ3) is 16.2. The molecule has 0 fully saturated rings. The minimum Gasteiger partial charge on any atom is -0.379 e. The van der Waals surface area contributed by atoms with E-state index in [4.69, 9.17) is 18.9 Å².